The predicted octanol–water partition coefficient (Wildman–Crippen LogP) is 4.55. The Balaban J connectivity index is 2.27. The van der Waals surface area contributed by atoms with Crippen LogP contribution in [-0.2, 0) is 13.0 Å². The van der Waals surface area contributed by atoms with E-state index in [1.807, 2.05) is 24.3 Å². The SMILES string of the molecule is CCc1ccc(-c2cc(CNC(C)C)ccc2F)cc1. The van der Waals surface area contributed by atoms with Crippen LogP contribution in [0.3, 0.4) is 0 Å². The Bertz CT molecular complexity index is 558. The molecule has 0 radical (unpaired) electrons. The Hall–Kier alpha value is -1.67. The van der Waals surface area contributed by atoms with Gasteiger partial charge in [-0.1, -0.05) is 51.1 Å². The molecule has 0 saturated heterocycles. The lowest BCUT2D eigenvalue weighted by molar-refractivity contribution is 0.586. The first-order valence-corrected chi connectivity index (χ1v) is 7.21. The van der Waals surface area contributed by atoms with Crippen molar-refractivity contribution in [3.63, 3.8) is 0 Å². The summed E-state index contributed by atoms with van der Waals surface area (Å²) in [5.41, 5.74) is 3.99. The summed E-state index contributed by atoms with van der Waals surface area (Å²) in [6, 6.07) is 13.9. The third-order valence-corrected chi connectivity index (χ3v) is 3.42. The molecule has 0 aliphatic carbocycles. The monoisotopic (exact) mass is 271 g/mol. The molecule has 106 valence electrons. The Morgan fingerprint density at radius 2 is 1.65 bits per heavy atom. The molecule has 0 bridgehead atoms. The lowest BCUT2D eigenvalue weighted by Gasteiger charge is -2.11. The molecule has 0 amide bonds. The molecule has 0 aliphatic heterocycles. The fraction of sp³-hybridized carbons (Fsp3) is 0.333. The lowest BCUT2D eigenvalue weighted by atomic mass is 10.0. The van der Waals surface area contributed by atoms with Crippen LogP contribution in [0.2, 0.25) is 0 Å². The average molecular weight is 271 g/mol. The van der Waals surface area contributed by atoms with Crippen molar-refractivity contribution in [3.05, 3.63) is 59.4 Å². The highest BCUT2D eigenvalue weighted by atomic mass is 19.1. The second-order valence-electron chi connectivity index (χ2n) is 5.40. The second-order valence-corrected chi connectivity index (χ2v) is 5.40. The molecule has 2 heteroatoms. The molecule has 2 rings (SSSR count). The van der Waals surface area contributed by atoms with Crippen LogP contribution >= 0.6 is 0 Å². The third kappa shape index (κ3) is 3.67. The van der Waals surface area contributed by atoms with Crippen LogP contribution in [0.1, 0.15) is 31.9 Å². The Kier molecular flexibility index (Phi) is 4.91. The van der Waals surface area contributed by atoms with E-state index < -0.39 is 0 Å². The van der Waals surface area contributed by atoms with Gasteiger partial charge in [0.2, 0.25) is 0 Å². The van der Waals surface area contributed by atoms with Gasteiger partial charge in [0.25, 0.3) is 0 Å². The van der Waals surface area contributed by atoms with Gasteiger partial charge < -0.3 is 5.32 Å². The van der Waals surface area contributed by atoms with Crippen molar-refractivity contribution in [1.29, 1.82) is 0 Å². The van der Waals surface area contributed by atoms with Gasteiger partial charge in [-0.05, 0) is 35.2 Å². The molecule has 0 aromatic heterocycles. The lowest BCUT2D eigenvalue weighted by Crippen LogP contribution is -2.21. The number of nitrogens with one attached hydrogen (secondary N) is 1. The molecule has 0 spiro atoms. The first kappa shape index (κ1) is 14.7. The summed E-state index contributed by atoms with van der Waals surface area (Å²) < 4.78 is 14.0. The molecular formula is C18H22FN. The van der Waals surface area contributed by atoms with Crippen molar-refractivity contribution in [2.45, 2.75) is 39.8 Å². The van der Waals surface area contributed by atoms with Crippen molar-refractivity contribution < 1.29 is 4.39 Å². The van der Waals surface area contributed by atoms with E-state index in [0.717, 1.165) is 24.1 Å². The molecule has 0 fully saturated rings. The molecule has 2 aromatic rings. The van der Waals surface area contributed by atoms with Crippen molar-refractivity contribution in [1.82, 2.24) is 5.32 Å². The number of hydrogen-bond donors (Lipinski definition) is 1. The highest BCUT2D eigenvalue weighted by molar-refractivity contribution is 5.65. The van der Waals surface area contributed by atoms with Gasteiger partial charge in [0, 0.05) is 18.2 Å². The van der Waals surface area contributed by atoms with E-state index >= 15 is 0 Å². The van der Waals surface area contributed by atoms with E-state index in [1.165, 1.54) is 5.56 Å². The molecule has 1 nitrogen and oxygen atoms in total. The minimum Gasteiger partial charge on any atom is -0.310 e. The molecule has 0 atom stereocenters. The topological polar surface area (TPSA) is 12.0 Å². The molecule has 0 heterocycles. The van der Waals surface area contributed by atoms with Gasteiger partial charge in [-0.25, -0.2) is 4.39 Å². The summed E-state index contributed by atoms with van der Waals surface area (Å²) >= 11 is 0. The number of rotatable bonds is 5. The van der Waals surface area contributed by atoms with Crippen molar-refractivity contribution >= 4 is 0 Å². The van der Waals surface area contributed by atoms with Crippen LogP contribution in [0.5, 0.6) is 0 Å². The Morgan fingerprint density at radius 1 is 1.00 bits per heavy atom. The number of benzene rings is 2. The van der Waals surface area contributed by atoms with E-state index in [2.05, 4.69) is 38.2 Å². The average Bonchev–Trinajstić information content (AvgIpc) is 2.46. The largest absolute Gasteiger partial charge is 0.310 e. The number of halogens is 1. The van der Waals surface area contributed by atoms with Gasteiger partial charge in [0.05, 0.1) is 0 Å². The van der Waals surface area contributed by atoms with E-state index in [-0.39, 0.29) is 5.82 Å². The van der Waals surface area contributed by atoms with E-state index in [1.54, 1.807) is 6.07 Å². The summed E-state index contributed by atoms with van der Waals surface area (Å²) in [5, 5.41) is 3.36. The summed E-state index contributed by atoms with van der Waals surface area (Å²) in [7, 11) is 0. The predicted molar refractivity (Wildman–Crippen MR) is 83.2 cm³/mol. The van der Waals surface area contributed by atoms with E-state index in [0.29, 0.717) is 11.6 Å². The van der Waals surface area contributed by atoms with E-state index in [4.69, 9.17) is 0 Å². The molecule has 0 unspecified atom stereocenters. The standard InChI is InChI=1S/C18H22FN/c1-4-14-5-8-16(9-6-14)17-11-15(7-10-18(17)19)12-20-13(2)3/h5-11,13,20H,4,12H2,1-3H3. The normalized spacial score (nSPS) is 11.1. The van der Waals surface area contributed by atoms with Crippen LogP contribution in [0.25, 0.3) is 11.1 Å². The fourth-order valence-electron chi connectivity index (χ4n) is 2.15. The highest BCUT2D eigenvalue weighted by Gasteiger charge is 2.07. The van der Waals surface area contributed by atoms with Crippen LogP contribution in [-0.4, -0.2) is 6.04 Å². The van der Waals surface area contributed by atoms with Crippen LogP contribution < -0.4 is 5.32 Å². The van der Waals surface area contributed by atoms with Gasteiger partial charge in [-0.15, -0.1) is 0 Å². The summed E-state index contributed by atoms with van der Waals surface area (Å²) in [5.74, 6) is -0.164. The number of aryl methyl sites for hydroxylation is 1. The van der Waals surface area contributed by atoms with Crippen molar-refractivity contribution in [3.8, 4) is 11.1 Å². The Labute approximate surface area is 120 Å². The molecule has 2 aromatic carbocycles. The maximum absolute atomic E-state index is 14.0. The summed E-state index contributed by atoms with van der Waals surface area (Å²) in [4.78, 5) is 0. The molecule has 20 heavy (non-hydrogen) atoms. The van der Waals surface area contributed by atoms with Crippen molar-refractivity contribution in [2.75, 3.05) is 0 Å². The molecule has 1 N–H and O–H groups in total. The first-order chi connectivity index (χ1) is 9.60. The first-order valence-electron chi connectivity index (χ1n) is 7.21. The summed E-state index contributed by atoms with van der Waals surface area (Å²) in [6.07, 6.45) is 1.00. The molecular weight excluding hydrogens is 249 g/mol. The molecule has 0 aliphatic rings. The van der Waals surface area contributed by atoms with Gasteiger partial charge in [-0.2, -0.15) is 0 Å². The Morgan fingerprint density at radius 3 is 2.25 bits per heavy atom. The van der Waals surface area contributed by atoms with Gasteiger partial charge in [-0.3, -0.25) is 0 Å². The smallest absolute Gasteiger partial charge is 0.131 e. The molecule has 0 saturated carbocycles. The van der Waals surface area contributed by atoms with Crippen LogP contribution in [0.4, 0.5) is 4.39 Å². The third-order valence-electron chi connectivity index (χ3n) is 3.42. The fourth-order valence-corrected chi connectivity index (χ4v) is 2.15. The van der Waals surface area contributed by atoms with Crippen LogP contribution in [0, 0.1) is 5.82 Å². The second kappa shape index (κ2) is 6.67. The zero-order chi connectivity index (χ0) is 14.5. The maximum atomic E-state index is 14.0. The quantitative estimate of drug-likeness (QED) is 0.841. The van der Waals surface area contributed by atoms with Gasteiger partial charge in [0.1, 0.15) is 5.82 Å². The van der Waals surface area contributed by atoms with E-state index in [9.17, 15) is 4.39 Å². The highest BCUT2D eigenvalue weighted by Crippen LogP contribution is 2.24. The zero-order valence-corrected chi connectivity index (χ0v) is 12.4. The summed E-state index contributed by atoms with van der Waals surface area (Å²) in [6.45, 7) is 7.09. The van der Waals surface area contributed by atoms with Gasteiger partial charge >= 0.3 is 0 Å². The minimum absolute atomic E-state index is 0.164. The van der Waals surface area contributed by atoms with Crippen LogP contribution in [0.15, 0.2) is 42.5 Å². The number of hydrogen-bond acceptors (Lipinski definition) is 1. The maximum Gasteiger partial charge on any atom is 0.131 e. The zero-order valence-electron chi connectivity index (χ0n) is 12.4. The van der Waals surface area contributed by atoms with Crippen molar-refractivity contribution in [2.24, 2.45) is 0 Å². The van der Waals surface area contributed by atoms with Gasteiger partial charge in [0.15, 0.2) is 0 Å². The minimum atomic E-state index is -0.164.